The molecule has 17 heavy (non-hydrogen) atoms. The Kier molecular flexibility index (Phi) is 7.72. The Balaban J connectivity index is 0.00000256. The van der Waals surface area contributed by atoms with Crippen LogP contribution in [0.5, 0.6) is 0 Å². The number of aromatic nitrogens is 3. The predicted octanol–water partition coefficient (Wildman–Crippen LogP) is -0.203. The monoisotopic (exact) mass is 285 g/mol. The second-order valence-electron chi connectivity index (χ2n) is 3.07. The Labute approximate surface area is 109 Å². The first-order chi connectivity index (χ1) is 7.63. The van der Waals surface area contributed by atoms with Crippen LogP contribution < -0.4 is 5.32 Å². The van der Waals surface area contributed by atoms with Gasteiger partial charge in [-0.1, -0.05) is 4.98 Å². The summed E-state index contributed by atoms with van der Waals surface area (Å²) in [5, 5.41) is 26.3. The van der Waals surface area contributed by atoms with E-state index in [0.29, 0.717) is 19.0 Å². The molecule has 0 fully saturated rings. The number of halogens is 2. The highest BCUT2D eigenvalue weighted by Gasteiger charge is 2.15. The second-order valence-corrected chi connectivity index (χ2v) is 3.45. The number of aliphatic hydroxyl groups excluding tert-OH is 1. The van der Waals surface area contributed by atoms with Crippen molar-refractivity contribution in [3.05, 3.63) is 16.4 Å². The largest absolute Gasteiger partial charge is 0.490 e. The minimum absolute atomic E-state index is 0. The van der Waals surface area contributed by atoms with Gasteiger partial charge in [-0.2, -0.15) is 4.68 Å². The maximum Gasteiger partial charge on any atom is 0.490 e. The van der Waals surface area contributed by atoms with Gasteiger partial charge in [0.1, 0.15) is 0 Å². The van der Waals surface area contributed by atoms with E-state index in [2.05, 4.69) is 15.4 Å². The number of alkyl halides is 1. The minimum Gasteiger partial charge on any atom is -0.390 e. The molecule has 1 atom stereocenters. The van der Waals surface area contributed by atoms with Crippen LogP contribution in [0.3, 0.4) is 0 Å². The maximum absolute atomic E-state index is 10.3. The first-order valence-corrected chi connectivity index (χ1v) is 5.15. The van der Waals surface area contributed by atoms with E-state index in [4.69, 9.17) is 11.6 Å². The number of nitrogens with one attached hydrogen (secondary N) is 1. The van der Waals surface area contributed by atoms with Crippen LogP contribution in [-0.2, 0) is 6.54 Å². The molecule has 0 saturated carbocycles. The molecule has 0 aliphatic carbocycles. The van der Waals surface area contributed by atoms with Gasteiger partial charge in [0.15, 0.2) is 0 Å². The average molecular weight is 286 g/mol. The number of rotatable bonds is 7. The van der Waals surface area contributed by atoms with Crippen molar-refractivity contribution in [3.63, 3.8) is 0 Å². The molecule has 1 aromatic heterocycles. The molecule has 0 aliphatic heterocycles. The van der Waals surface area contributed by atoms with Crippen molar-refractivity contribution in [2.45, 2.75) is 12.6 Å². The lowest BCUT2D eigenvalue weighted by Crippen LogP contribution is -2.31. The van der Waals surface area contributed by atoms with Gasteiger partial charge in [0.2, 0.25) is 6.33 Å². The van der Waals surface area contributed by atoms with Gasteiger partial charge in [-0.3, -0.25) is 0 Å². The van der Waals surface area contributed by atoms with Crippen molar-refractivity contribution in [3.8, 4) is 0 Å². The van der Waals surface area contributed by atoms with Crippen molar-refractivity contribution in [2.75, 3.05) is 19.0 Å². The summed E-state index contributed by atoms with van der Waals surface area (Å²) in [4.78, 5) is 13.1. The summed E-state index contributed by atoms with van der Waals surface area (Å²) in [5.74, 6) is -0.0115. The Bertz CT molecular complexity index is 348. The summed E-state index contributed by atoms with van der Waals surface area (Å²) in [5.41, 5.74) is 0. The van der Waals surface area contributed by atoms with E-state index in [1.165, 1.54) is 11.0 Å². The van der Waals surface area contributed by atoms with Crippen LogP contribution in [0.1, 0.15) is 0 Å². The lowest BCUT2D eigenvalue weighted by atomic mass is 10.3. The molecule has 98 valence electrons. The molecule has 0 spiro atoms. The van der Waals surface area contributed by atoms with E-state index in [1.807, 2.05) is 0 Å². The third-order valence-electron chi connectivity index (χ3n) is 1.74. The molecule has 0 bridgehead atoms. The van der Waals surface area contributed by atoms with Crippen LogP contribution in [-0.4, -0.2) is 49.9 Å². The van der Waals surface area contributed by atoms with Gasteiger partial charge in [-0.25, -0.2) is 0 Å². The van der Waals surface area contributed by atoms with Crippen LogP contribution in [0.4, 0.5) is 5.95 Å². The molecule has 0 amide bonds. The van der Waals surface area contributed by atoms with E-state index < -0.39 is 17.0 Å². The summed E-state index contributed by atoms with van der Waals surface area (Å²) in [6.07, 6.45) is 0.521. The molecule has 0 aromatic carbocycles. The number of hydrogen-bond acceptors (Lipinski definition) is 6. The SMILES string of the molecule is Cl.O=[N+]([O-])c1ncn(CC(O)CNCCCl)n1. The van der Waals surface area contributed by atoms with Crippen LogP contribution in [0.2, 0.25) is 0 Å². The quantitative estimate of drug-likeness (QED) is 0.311. The number of aliphatic hydroxyl groups is 1. The van der Waals surface area contributed by atoms with Crippen LogP contribution in [0, 0.1) is 10.1 Å². The maximum atomic E-state index is 10.3. The molecule has 0 radical (unpaired) electrons. The highest BCUT2D eigenvalue weighted by molar-refractivity contribution is 6.18. The van der Waals surface area contributed by atoms with E-state index in [1.54, 1.807) is 0 Å². The highest BCUT2D eigenvalue weighted by atomic mass is 35.5. The van der Waals surface area contributed by atoms with Gasteiger partial charge in [0.25, 0.3) is 0 Å². The molecule has 1 unspecified atom stereocenters. The molecule has 10 heteroatoms. The normalized spacial score (nSPS) is 11.9. The summed E-state index contributed by atoms with van der Waals surface area (Å²) in [7, 11) is 0. The van der Waals surface area contributed by atoms with Crippen molar-refractivity contribution in [2.24, 2.45) is 0 Å². The average Bonchev–Trinajstić information content (AvgIpc) is 2.66. The predicted molar refractivity (Wildman–Crippen MR) is 63.5 cm³/mol. The van der Waals surface area contributed by atoms with E-state index in [-0.39, 0.29) is 19.0 Å². The smallest absolute Gasteiger partial charge is 0.390 e. The third kappa shape index (κ3) is 5.78. The van der Waals surface area contributed by atoms with Gasteiger partial charge >= 0.3 is 5.95 Å². The van der Waals surface area contributed by atoms with Crippen LogP contribution >= 0.6 is 24.0 Å². The highest BCUT2D eigenvalue weighted by Crippen LogP contribution is 2.00. The zero-order valence-electron chi connectivity index (χ0n) is 8.82. The Morgan fingerprint density at radius 3 is 2.94 bits per heavy atom. The van der Waals surface area contributed by atoms with Crippen molar-refractivity contribution < 1.29 is 10.0 Å². The Hall–Kier alpha value is -0.960. The molecule has 0 saturated heterocycles. The topological polar surface area (TPSA) is 106 Å². The van der Waals surface area contributed by atoms with Crippen LogP contribution in [0.15, 0.2) is 6.33 Å². The van der Waals surface area contributed by atoms with E-state index in [0.717, 1.165) is 0 Å². The molecule has 0 aliphatic rings. The van der Waals surface area contributed by atoms with Gasteiger partial charge in [-0.15, -0.1) is 24.0 Å². The lowest BCUT2D eigenvalue weighted by Gasteiger charge is -2.08. The van der Waals surface area contributed by atoms with Crippen molar-refractivity contribution in [1.82, 2.24) is 20.1 Å². The van der Waals surface area contributed by atoms with Crippen molar-refractivity contribution >= 4 is 30.0 Å². The van der Waals surface area contributed by atoms with Gasteiger partial charge in [0.05, 0.1) is 12.6 Å². The number of nitro groups is 1. The molecule has 1 rings (SSSR count). The first kappa shape index (κ1) is 16.0. The van der Waals surface area contributed by atoms with Gasteiger partial charge < -0.3 is 20.5 Å². The zero-order valence-corrected chi connectivity index (χ0v) is 10.4. The molecular weight excluding hydrogens is 273 g/mol. The summed E-state index contributed by atoms with van der Waals surface area (Å²) in [6.45, 7) is 1.09. The fraction of sp³-hybridized carbons (Fsp3) is 0.714. The summed E-state index contributed by atoms with van der Waals surface area (Å²) < 4.78 is 1.23. The van der Waals surface area contributed by atoms with Crippen molar-refractivity contribution in [1.29, 1.82) is 0 Å². The second kappa shape index (κ2) is 8.18. The Morgan fingerprint density at radius 2 is 2.41 bits per heavy atom. The van der Waals surface area contributed by atoms with E-state index in [9.17, 15) is 15.2 Å². The summed E-state index contributed by atoms with van der Waals surface area (Å²) in [6, 6.07) is 0. The standard InChI is InChI=1S/C7H12ClN5O3.ClH/c8-1-2-9-3-6(14)4-12-5-10-7(11-12)13(15)16;/h5-6,9,14H,1-4H2;1H. The first-order valence-electron chi connectivity index (χ1n) is 4.62. The molecule has 8 nitrogen and oxygen atoms in total. The number of hydrogen-bond donors (Lipinski definition) is 2. The molecule has 1 heterocycles. The van der Waals surface area contributed by atoms with Gasteiger partial charge in [-0.05, 0) is 4.92 Å². The summed E-state index contributed by atoms with van der Waals surface area (Å²) >= 11 is 5.44. The molecule has 2 N–H and O–H groups in total. The molecular formula is C7H13Cl2N5O3. The van der Waals surface area contributed by atoms with Crippen LogP contribution in [0.25, 0.3) is 0 Å². The zero-order chi connectivity index (χ0) is 12.0. The lowest BCUT2D eigenvalue weighted by molar-refractivity contribution is -0.394. The van der Waals surface area contributed by atoms with Gasteiger partial charge in [0, 0.05) is 24.1 Å². The Morgan fingerprint density at radius 1 is 1.71 bits per heavy atom. The number of nitrogens with zero attached hydrogens (tertiary/aromatic N) is 4. The third-order valence-corrected chi connectivity index (χ3v) is 1.93. The fourth-order valence-electron chi connectivity index (χ4n) is 1.07. The molecule has 1 aromatic rings. The van der Waals surface area contributed by atoms with E-state index >= 15 is 0 Å². The minimum atomic E-state index is -0.690. The fourth-order valence-corrected chi connectivity index (χ4v) is 1.21.